The maximum Gasteiger partial charge on any atom is 0.252 e. The Labute approximate surface area is 136 Å². The highest BCUT2D eigenvalue weighted by Gasteiger charge is 2.16. The SMILES string of the molecule is Clc1ccc(-c2noc(COC3CCNCC3)n2)cc1Br. The molecule has 5 nitrogen and oxygen atoms in total. The fourth-order valence-electron chi connectivity index (χ4n) is 2.22. The maximum atomic E-state index is 5.97. The summed E-state index contributed by atoms with van der Waals surface area (Å²) in [6.45, 7) is 2.35. The first-order chi connectivity index (χ1) is 10.2. The molecule has 0 radical (unpaired) electrons. The van der Waals surface area contributed by atoms with Crippen LogP contribution in [0.3, 0.4) is 0 Å². The minimum absolute atomic E-state index is 0.270. The Morgan fingerprint density at radius 3 is 2.95 bits per heavy atom. The predicted octanol–water partition coefficient (Wildman–Crippen LogP) is 3.42. The van der Waals surface area contributed by atoms with E-state index in [0.29, 0.717) is 23.3 Å². The maximum absolute atomic E-state index is 5.97. The van der Waals surface area contributed by atoms with Gasteiger partial charge in [0.15, 0.2) is 0 Å². The molecule has 1 aromatic carbocycles. The molecule has 0 aliphatic carbocycles. The number of nitrogens with one attached hydrogen (secondary N) is 1. The van der Waals surface area contributed by atoms with Gasteiger partial charge in [-0.15, -0.1) is 0 Å². The Morgan fingerprint density at radius 2 is 2.19 bits per heavy atom. The van der Waals surface area contributed by atoms with Gasteiger partial charge in [-0.3, -0.25) is 0 Å². The minimum Gasteiger partial charge on any atom is -0.368 e. The van der Waals surface area contributed by atoms with Gasteiger partial charge in [0, 0.05) is 10.0 Å². The lowest BCUT2D eigenvalue weighted by Crippen LogP contribution is -2.32. The quantitative estimate of drug-likeness (QED) is 0.891. The predicted molar refractivity (Wildman–Crippen MR) is 83.1 cm³/mol. The molecule has 3 rings (SSSR count). The van der Waals surface area contributed by atoms with Crippen molar-refractivity contribution in [2.75, 3.05) is 13.1 Å². The van der Waals surface area contributed by atoms with Crippen LogP contribution in [0, 0.1) is 0 Å². The van der Waals surface area contributed by atoms with Crippen LogP contribution in [0.5, 0.6) is 0 Å². The lowest BCUT2D eigenvalue weighted by atomic mass is 10.1. The zero-order valence-corrected chi connectivity index (χ0v) is 13.7. The molecule has 0 unspecified atom stereocenters. The number of benzene rings is 1. The van der Waals surface area contributed by atoms with Crippen LogP contribution in [-0.4, -0.2) is 29.3 Å². The summed E-state index contributed by atoms with van der Waals surface area (Å²) < 4.78 is 11.8. The molecule has 0 amide bonds. The van der Waals surface area contributed by atoms with Crippen molar-refractivity contribution in [3.8, 4) is 11.4 Å². The Kier molecular flexibility index (Phi) is 4.90. The zero-order valence-electron chi connectivity index (χ0n) is 11.3. The molecule has 0 spiro atoms. The van der Waals surface area contributed by atoms with Crippen molar-refractivity contribution in [3.05, 3.63) is 33.6 Å². The first kappa shape index (κ1) is 15.0. The molecular weight excluding hydrogens is 358 g/mol. The number of hydrogen-bond acceptors (Lipinski definition) is 5. The van der Waals surface area contributed by atoms with E-state index in [-0.39, 0.29) is 6.10 Å². The highest BCUT2D eigenvalue weighted by atomic mass is 79.9. The third-order valence-electron chi connectivity index (χ3n) is 3.37. The molecule has 7 heteroatoms. The molecule has 1 fully saturated rings. The second kappa shape index (κ2) is 6.87. The van der Waals surface area contributed by atoms with E-state index >= 15 is 0 Å². The summed E-state index contributed by atoms with van der Waals surface area (Å²) in [5.74, 6) is 1.03. The number of rotatable bonds is 4. The summed E-state index contributed by atoms with van der Waals surface area (Å²) in [5.41, 5.74) is 0.850. The second-order valence-electron chi connectivity index (χ2n) is 4.90. The van der Waals surface area contributed by atoms with Crippen LogP contribution in [0.15, 0.2) is 27.2 Å². The number of nitrogens with zero attached hydrogens (tertiary/aromatic N) is 2. The molecule has 112 valence electrons. The molecule has 2 aromatic rings. The highest BCUT2D eigenvalue weighted by molar-refractivity contribution is 9.10. The van der Waals surface area contributed by atoms with Gasteiger partial charge in [-0.2, -0.15) is 4.98 Å². The Bertz CT molecular complexity index is 614. The standard InChI is InChI=1S/C14H15BrClN3O2/c15-11-7-9(1-2-12(11)16)14-18-13(21-19-14)8-20-10-3-5-17-6-4-10/h1-2,7,10,17H,3-6,8H2. The lowest BCUT2D eigenvalue weighted by Gasteiger charge is -2.21. The highest BCUT2D eigenvalue weighted by Crippen LogP contribution is 2.27. The van der Waals surface area contributed by atoms with Crippen LogP contribution >= 0.6 is 27.5 Å². The molecule has 0 bridgehead atoms. The van der Waals surface area contributed by atoms with Crippen molar-refractivity contribution in [2.45, 2.75) is 25.6 Å². The first-order valence-electron chi connectivity index (χ1n) is 6.83. The van der Waals surface area contributed by atoms with E-state index in [9.17, 15) is 0 Å². The lowest BCUT2D eigenvalue weighted by molar-refractivity contribution is 0.00859. The Balaban J connectivity index is 1.63. The van der Waals surface area contributed by atoms with E-state index in [1.807, 2.05) is 12.1 Å². The van der Waals surface area contributed by atoms with Crippen LogP contribution in [0.25, 0.3) is 11.4 Å². The van der Waals surface area contributed by atoms with Crippen LogP contribution in [-0.2, 0) is 11.3 Å². The van der Waals surface area contributed by atoms with E-state index < -0.39 is 0 Å². The minimum atomic E-state index is 0.270. The summed E-state index contributed by atoms with van der Waals surface area (Å²) in [6, 6.07) is 5.52. The van der Waals surface area contributed by atoms with Gasteiger partial charge in [0.2, 0.25) is 5.82 Å². The first-order valence-corrected chi connectivity index (χ1v) is 8.00. The van der Waals surface area contributed by atoms with Gasteiger partial charge in [0.05, 0.1) is 11.1 Å². The molecule has 1 aromatic heterocycles. The van der Waals surface area contributed by atoms with E-state index in [2.05, 4.69) is 31.4 Å². The van der Waals surface area contributed by atoms with Crippen LogP contribution in [0.4, 0.5) is 0 Å². The smallest absolute Gasteiger partial charge is 0.252 e. The summed E-state index contributed by atoms with van der Waals surface area (Å²) in [7, 11) is 0. The van der Waals surface area contributed by atoms with Crippen molar-refractivity contribution in [3.63, 3.8) is 0 Å². The Hall–Kier alpha value is -0.950. The van der Waals surface area contributed by atoms with Gasteiger partial charge in [0.25, 0.3) is 5.89 Å². The van der Waals surface area contributed by atoms with E-state index in [0.717, 1.165) is 36.0 Å². The second-order valence-corrected chi connectivity index (χ2v) is 6.16. The molecule has 1 N–H and O–H groups in total. The van der Waals surface area contributed by atoms with Gasteiger partial charge in [0.1, 0.15) is 6.61 Å². The van der Waals surface area contributed by atoms with Gasteiger partial charge in [-0.25, -0.2) is 0 Å². The average molecular weight is 373 g/mol. The molecule has 2 heterocycles. The molecule has 1 saturated heterocycles. The van der Waals surface area contributed by atoms with Crippen molar-refractivity contribution >= 4 is 27.5 Å². The van der Waals surface area contributed by atoms with Gasteiger partial charge >= 0.3 is 0 Å². The number of piperidine rings is 1. The van der Waals surface area contributed by atoms with Crippen molar-refractivity contribution in [2.24, 2.45) is 0 Å². The molecular formula is C14H15BrClN3O2. The zero-order chi connectivity index (χ0) is 14.7. The largest absolute Gasteiger partial charge is 0.368 e. The molecule has 21 heavy (non-hydrogen) atoms. The van der Waals surface area contributed by atoms with Crippen LogP contribution in [0.1, 0.15) is 18.7 Å². The number of aromatic nitrogens is 2. The van der Waals surface area contributed by atoms with Crippen molar-refractivity contribution < 1.29 is 9.26 Å². The molecule has 1 aliphatic rings. The molecule has 0 saturated carbocycles. The number of hydrogen-bond donors (Lipinski definition) is 1. The van der Waals surface area contributed by atoms with Gasteiger partial charge < -0.3 is 14.6 Å². The fourth-order valence-corrected chi connectivity index (χ4v) is 2.71. The number of halogens is 2. The van der Waals surface area contributed by atoms with Crippen LogP contribution in [0.2, 0.25) is 5.02 Å². The normalized spacial score (nSPS) is 16.3. The van der Waals surface area contributed by atoms with Crippen molar-refractivity contribution in [1.82, 2.24) is 15.5 Å². The van der Waals surface area contributed by atoms with E-state index in [4.69, 9.17) is 20.9 Å². The van der Waals surface area contributed by atoms with Crippen LogP contribution < -0.4 is 5.32 Å². The summed E-state index contributed by atoms with van der Waals surface area (Å²) in [6.07, 6.45) is 2.31. The fraction of sp³-hybridized carbons (Fsp3) is 0.429. The average Bonchev–Trinajstić information content (AvgIpc) is 2.98. The monoisotopic (exact) mass is 371 g/mol. The summed E-state index contributed by atoms with van der Waals surface area (Å²) >= 11 is 9.36. The molecule has 1 aliphatic heterocycles. The van der Waals surface area contributed by atoms with E-state index in [1.54, 1.807) is 6.07 Å². The Morgan fingerprint density at radius 1 is 1.38 bits per heavy atom. The van der Waals surface area contributed by atoms with Gasteiger partial charge in [-0.1, -0.05) is 16.8 Å². The summed E-state index contributed by atoms with van der Waals surface area (Å²) in [5, 5.41) is 7.93. The summed E-state index contributed by atoms with van der Waals surface area (Å²) in [4.78, 5) is 4.35. The van der Waals surface area contributed by atoms with Gasteiger partial charge in [-0.05, 0) is 60.1 Å². The van der Waals surface area contributed by atoms with Crippen molar-refractivity contribution in [1.29, 1.82) is 0 Å². The third-order valence-corrected chi connectivity index (χ3v) is 4.59. The third kappa shape index (κ3) is 3.83. The van der Waals surface area contributed by atoms with E-state index in [1.165, 1.54) is 0 Å². The molecule has 0 atom stereocenters. The topological polar surface area (TPSA) is 60.2 Å². The number of ether oxygens (including phenoxy) is 1.